The van der Waals surface area contributed by atoms with E-state index in [1.54, 1.807) is 6.07 Å². The zero-order valence-corrected chi connectivity index (χ0v) is 12.7. The van der Waals surface area contributed by atoms with Crippen molar-refractivity contribution in [3.05, 3.63) is 42.1 Å². The maximum atomic E-state index is 12.1. The van der Waals surface area contributed by atoms with Crippen LogP contribution in [0.5, 0.6) is 0 Å². The number of rotatable bonds is 3. The van der Waals surface area contributed by atoms with Gasteiger partial charge in [0.25, 0.3) is 5.91 Å². The van der Waals surface area contributed by atoms with E-state index in [4.69, 9.17) is 0 Å². The summed E-state index contributed by atoms with van der Waals surface area (Å²) in [6.07, 6.45) is 4.34. The molecule has 5 heteroatoms. The van der Waals surface area contributed by atoms with Gasteiger partial charge in [-0.15, -0.1) is 0 Å². The fourth-order valence-electron chi connectivity index (χ4n) is 2.75. The lowest BCUT2D eigenvalue weighted by Gasteiger charge is -2.18. The zero-order valence-electron chi connectivity index (χ0n) is 12.7. The summed E-state index contributed by atoms with van der Waals surface area (Å²) in [5.41, 5.74) is 5.87. The van der Waals surface area contributed by atoms with E-state index < -0.39 is 0 Å². The Morgan fingerprint density at radius 1 is 1.36 bits per heavy atom. The van der Waals surface area contributed by atoms with E-state index >= 15 is 0 Å². The molecule has 1 aromatic heterocycles. The summed E-state index contributed by atoms with van der Waals surface area (Å²) in [4.78, 5) is 12.1. The predicted octanol–water partition coefficient (Wildman–Crippen LogP) is 3.37. The minimum absolute atomic E-state index is 0.250. The average Bonchev–Trinajstić information content (AvgIpc) is 3.04. The Morgan fingerprint density at radius 2 is 2.18 bits per heavy atom. The minimum Gasteiger partial charge on any atom is -0.272 e. The first-order chi connectivity index (χ1) is 10.7. The van der Waals surface area contributed by atoms with Crippen molar-refractivity contribution < 1.29 is 4.79 Å². The Bertz CT molecular complexity index is 675. The molecule has 0 saturated heterocycles. The van der Waals surface area contributed by atoms with Crippen LogP contribution in [0.3, 0.4) is 0 Å². The number of carbonyl (C=O) groups is 1. The SMILES string of the molecule is C[C@H]1CCC/C(=N\NC(=O)c2cc(-c3ccccc3)n[nH]2)C1. The number of H-pyrrole nitrogens is 1. The maximum Gasteiger partial charge on any atom is 0.289 e. The fraction of sp³-hybridized carbons (Fsp3) is 0.353. The Kier molecular flexibility index (Phi) is 4.32. The number of aromatic nitrogens is 2. The van der Waals surface area contributed by atoms with Crippen LogP contribution < -0.4 is 5.43 Å². The first-order valence-electron chi connectivity index (χ1n) is 7.69. The summed E-state index contributed by atoms with van der Waals surface area (Å²) in [6.45, 7) is 2.22. The summed E-state index contributed by atoms with van der Waals surface area (Å²) < 4.78 is 0. The molecule has 5 nitrogen and oxygen atoms in total. The molecule has 1 saturated carbocycles. The van der Waals surface area contributed by atoms with Gasteiger partial charge in [-0.2, -0.15) is 10.2 Å². The van der Waals surface area contributed by atoms with Crippen LogP contribution >= 0.6 is 0 Å². The van der Waals surface area contributed by atoms with Gasteiger partial charge in [-0.05, 0) is 37.7 Å². The predicted molar refractivity (Wildman–Crippen MR) is 86.6 cm³/mol. The summed E-state index contributed by atoms with van der Waals surface area (Å²) >= 11 is 0. The van der Waals surface area contributed by atoms with Crippen LogP contribution in [0, 0.1) is 5.92 Å². The molecule has 114 valence electrons. The highest BCUT2D eigenvalue weighted by molar-refractivity contribution is 5.94. The Labute approximate surface area is 129 Å². The largest absolute Gasteiger partial charge is 0.289 e. The quantitative estimate of drug-likeness (QED) is 0.852. The molecule has 1 amide bonds. The highest BCUT2D eigenvalue weighted by atomic mass is 16.2. The van der Waals surface area contributed by atoms with Crippen molar-refractivity contribution in [2.75, 3.05) is 0 Å². The third-order valence-electron chi connectivity index (χ3n) is 3.95. The summed E-state index contributed by atoms with van der Waals surface area (Å²) in [5.74, 6) is 0.404. The molecule has 0 aliphatic heterocycles. The van der Waals surface area contributed by atoms with Crippen molar-refractivity contribution in [1.82, 2.24) is 15.6 Å². The summed E-state index contributed by atoms with van der Waals surface area (Å²) in [6, 6.07) is 11.5. The van der Waals surface area contributed by atoms with Gasteiger partial charge < -0.3 is 0 Å². The molecule has 2 aromatic rings. The summed E-state index contributed by atoms with van der Waals surface area (Å²) in [7, 11) is 0. The molecular formula is C17H20N4O. The zero-order chi connectivity index (χ0) is 15.4. The highest BCUT2D eigenvalue weighted by Gasteiger charge is 2.15. The maximum absolute atomic E-state index is 12.1. The molecule has 1 heterocycles. The average molecular weight is 296 g/mol. The van der Waals surface area contributed by atoms with Crippen molar-refractivity contribution in [1.29, 1.82) is 0 Å². The molecule has 2 N–H and O–H groups in total. The van der Waals surface area contributed by atoms with Gasteiger partial charge in [0.2, 0.25) is 0 Å². The Hall–Kier alpha value is -2.43. The van der Waals surface area contributed by atoms with Crippen LogP contribution in [0.4, 0.5) is 0 Å². The van der Waals surface area contributed by atoms with Crippen molar-refractivity contribution >= 4 is 11.6 Å². The molecule has 1 fully saturated rings. The van der Waals surface area contributed by atoms with Gasteiger partial charge in [-0.1, -0.05) is 37.3 Å². The molecule has 0 radical (unpaired) electrons. The second-order valence-electron chi connectivity index (χ2n) is 5.85. The van der Waals surface area contributed by atoms with Crippen molar-refractivity contribution in [3.63, 3.8) is 0 Å². The molecule has 1 aromatic carbocycles. The van der Waals surface area contributed by atoms with E-state index in [1.807, 2.05) is 30.3 Å². The molecule has 1 aliphatic carbocycles. The topological polar surface area (TPSA) is 70.1 Å². The van der Waals surface area contributed by atoms with E-state index in [0.29, 0.717) is 11.6 Å². The second kappa shape index (κ2) is 6.56. The van der Waals surface area contributed by atoms with E-state index in [9.17, 15) is 4.79 Å². The first kappa shape index (κ1) is 14.5. The second-order valence-corrected chi connectivity index (χ2v) is 5.85. The number of benzene rings is 1. The van der Waals surface area contributed by atoms with Gasteiger partial charge in [0.05, 0.1) is 5.69 Å². The molecule has 0 spiro atoms. The van der Waals surface area contributed by atoms with Crippen LogP contribution in [0.25, 0.3) is 11.3 Å². The van der Waals surface area contributed by atoms with Crippen LogP contribution in [0.15, 0.2) is 41.5 Å². The number of amides is 1. The van der Waals surface area contributed by atoms with E-state index in [-0.39, 0.29) is 5.91 Å². The highest BCUT2D eigenvalue weighted by Crippen LogP contribution is 2.21. The van der Waals surface area contributed by atoms with Gasteiger partial charge in [0.15, 0.2) is 0 Å². The third-order valence-corrected chi connectivity index (χ3v) is 3.95. The third kappa shape index (κ3) is 3.42. The monoisotopic (exact) mass is 296 g/mol. The first-order valence-corrected chi connectivity index (χ1v) is 7.69. The molecule has 0 bridgehead atoms. The molecular weight excluding hydrogens is 276 g/mol. The normalized spacial score (nSPS) is 20.0. The molecule has 22 heavy (non-hydrogen) atoms. The van der Waals surface area contributed by atoms with E-state index in [1.165, 1.54) is 6.42 Å². The molecule has 1 aliphatic rings. The molecule has 3 rings (SSSR count). The molecule has 0 unspecified atom stereocenters. The van der Waals surface area contributed by atoms with Crippen molar-refractivity contribution in [2.45, 2.75) is 32.6 Å². The van der Waals surface area contributed by atoms with Gasteiger partial charge in [0.1, 0.15) is 5.69 Å². The van der Waals surface area contributed by atoms with E-state index in [2.05, 4.69) is 27.6 Å². The van der Waals surface area contributed by atoms with Gasteiger partial charge >= 0.3 is 0 Å². The van der Waals surface area contributed by atoms with Crippen molar-refractivity contribution in [2.24, 2.45) is 11.0 Å². The van der Waals surface area contributed by atoms with Gasteiger partial charge in [-0.25, -0.2) is 5.43 Å². The lowest BCUT2D eigenvalue weighted by molar-refractivity contribution is 0.0949. The smallest absolute Gasteiger partial charge is 0.272 e. The van der Waals surface area contributed by atoms with Crippen LogP contribution in [-0.2, 0) is 0 Å². The Balaban J connectivity index is 1.66. The Morgan fingerprint density at radius 3 is 2.95 bits per heavy atom. The lowest BCUT2D eigenvalue weighted by Crippen LogP contribution is -2.22. The van der Waals surface area contributed by atoms with Crippen LogP contribution in [0.1, 0.15) is 43.1 Å². The number of nitrogens with zero attached hydrogens (tertiary/aromatic N) is 2. The number of aromatic amines is 1. The number of hydrogen-bond acceptors (Lipinski definition) is 3. The standard InChI is InChI=1S/C17H20N4O/c1-12-6-5-9-14(10-12)18-21-17(22)16-11-15(19-20-16)13-7-3-2-4-8-13/h2-4,7-8,11-12H,5-6,9-10H2,1H3,(H,19,20)(H,21,22)/b18-14+/t12-/m0/s1. The van der Waals surface area contributed by atoms with Crippen molar-refractivity contribution in [3.8, 4) is 11.3 Å². The summed E-state index contributed by atoms with van der Waals surface area (Å²) in [5, 5.41) is 11.2. The number of nitrogens with one attached hydrogen (secondary N) is 2. The molecule has 1 atom stereocenters. The van der Waals surface area contributed by atoms with Crippen LogP contribution in [-0.4, -0.2) is 21.8 Å². The fourth-order valence-corrected chi connectivity index (χ4v) is 2.75. The minimum atomic E-state index is -0.250. The van der Waals surface area contributed by atoms with Gasteiger partial charge in [0, 0.05) is 11.3 Å². The number of hydrogen-bond donors (Lipinski definition) is 2. The van der Waals surface area contributed by atoms with Gasteiger partial charge in [-0.3, -0.25) is 9.89 Å². The van der Waals surface area contributed by atoms with Crippen LogP contribution in [0.2, 0.25) is 0 Å². The number of carbonyl (C=O) groups excluding carboxylic acids is 1. The lowest BCUT2D eigenvalue weighted by atomic mass is 9.89. The van der Waals surface area contributed by atoms with E-state index in [0.717, 1.165) is 36.2 Å². The number of hydrazone groups is 1.